The van der Waals surface area contributed by atoms with Gasteiger partial charge in [-0.25, -0.2) is 0 Å². The van der Waals surface area contributed by atoms with Crippen LogP contribution in [-0.4, -0.2) is 13.1 Å². The van der Waals surface area contributed by atoms with Crippen LogP contribution in [0.3, 0.4) is 0 Å². The van der Waals surface area contributed by atoms with Crippen LogP contribution in [0.25, 0.3) is 0 Å². The van der Waals surface area contributed by atoms with Gasteiger partial charge in [-0.1, -0.05) is 38.5 Å². The first-order valence-corrected chi connectivity index (χ1v) is 6.57. The van der Waals surface area contributed by atoms with Gasteiger partial charge in [-0.2, -0.15) is 0 Å². The molecule has 1 nitrogen and oxygen atoms in total. The third-order valence-corrected chi connectivity index (χ3v) is 4.12. The minimum atomic E-state index is 0.834. The molecule has 0 saturated heterocycles. The predicted molar refractivity (Wildman–Crippen MR) is 61.4 cm³/mol. The lowest BCUT2D eigenvalue weighted by atomic mass is 9.88. The molecule has 2 fully saturated rings. The largest absolute Gasteiger partial charge is 0.317 e. The van der Waals surface area contributed by atoms with Gasteiger partial charge in [0.15, 0.2) is 0 Å². The van der Waals surface area contributed by atoms with Gasteiger partial charge in [-0.05, 0) is 38.1 Å². The van der Waals surface area contributed by atoms with Gasteiger partial charge in [-0.3, -0.25) is 0 Å². The summed E-state index contributed by atoms with van der Waals surface area (Å²) in [4.78, 5) is 0. The van der Waals surface area contributed by atoms with E-state index in [-0.39, 0.29) is 0 Å². The molecule has 0 aromatic rings. The van der Waals surface area contributed by atoms with E-state index in [1.54, 1.807) is 0 Å². The van der Waals surface area contributed by atoms with Gasteiger partial charge in [0.2, 0.25) is 0 Å². The molecule has 0 aliphatic heterocycles. The van der Waals surface area contributed by atoms with Gasteiger partial charge in [-0.15, -0.1) is 0 Å². The zero-order valence-electron chi connectivity index (χ0n) is 9.60. The second kappa shape index (κ2) is 5.16. The van der Waals surface area contributed by atoms with Crippen molar-refractivity contribution < 1.29 is 0 Å². The lowest BCUT2D eigenvalue weighted by Crippen LogP contribution is -2.33. The van der Waals surface area contributed by atoms with Crippen LogP contribution in [-0.2, 0) is 0 Å². The molecule has 14 heavy (non-hydrogen) atoms. The van der Waals surface area contributed by atoms with E-state index >= 15 is 0 Å². The molecule has 1 N–H and O–H groups in total. The summed E-state index contributed by atoms with van der Waals surface area (Å²) in [5.41, 5.74) is 0. The number of nitrogens with one attached hydrogen (secondary N) is 1. The SMILES string of the molecule is CNC(CC1CC1)C1CCCCCC1. The Labute approximate surface area is 88.7 Å². The zero-order chi connectivity index (χ0) is 9.80. The molecule has 2 rings (SSSR count). The van der Waals surface area contributed by atoms with E-state index in [2.05, 4.69) is 12.4 Å². The first-order valence-electron chi connectivity index (χ1n) is 6.57. The first-order chi connectivity index (χ1) is 6.90. The van der Waals surface area contributed by atoms with E-state index in [4.69, 9.17) is 0 Å². The van der Waals surface area contributed by atoms with Gasteiger partial charge in [0.05, 0.1) is 0 Å². The summed E-state index contributed by atoms with van der Waals surface area (Å²) >= 11 is 0. The summed E-state index contributed by atoms with van der Waals surface area (Å²) < 4.78 is 0. The normalized spacial score (nSPS) is 27.2. The zero-order valence-corrected chi connectivity index (χ0v) is 9.60. The Morgan fingerprint density at radius 2 is 1.64 bits per heavy atom. The van der Waals surface area contributed by atoms with Gasteiger partial charge in [0, 0.05) is 6.04 Å². The third kappa shape index (κ3) is 2.98. The molecule has 1 atom stereocenters. The summed E-state index contributed by atoms with van der Waals surface area (Å²) in [6.45, 7) is 0. The molecule has 0 amide bonds. The van der Waals surface area contributed by atoms with Crippen molar-refractivity contribution in [2.45, 2.75) is 63.8 Å². The second-order valence-corrected chi connectivity index (χ2v) is 5.33. The molecule has 82 valence electrons. The van der Waals surface area contributed by atoms with Gasteiger partial charge in [0.25, 0.3) is 0 Å². The molecule has 0 heterocycles. The third-order valence-electron chi connectivity index (χ3n) is 4.12. The molecule has 0 spiro atoms. The monoisotopic (exact) mass is 195 g/mol. The Morgan fingerprint density at radius 3 is 2.14 bits per heavy atom. The highest BCUT2D eigenvalue weighted by molar-refractivity contribution is 4.84. The van der Waals surface area contributed by atoms with Crippen LogP contribution >= 0.6 is 0 Å². The van der Waals surface area contributed by atoms with E-state index in [0.717, 1.165) is 17.9 Å². The van der Waals surface area contributed by atoms with E-state index < -0.39 is 0 Å². The topological polar surface area (TPSA) is 12.0 Å². The Hall–Kier alpha value is -0.0400. The predicted octanol–water partition coefficient (Wildman–Crippen LogP) is 3.34. The Kier molecular flexibility index (Phi) is 3.86. The maximum absolute atomic E-state index is 3.57. The molecule has 0 aromatic carbocycles. The fraction of sp³-hybridized carbons (Fsp3) is 1.00. The standard InChI is InChI=1S/C13H25N/c1-14-13(10-11-8-9-11)12-6-4-2-3-5-7-12/h11-14H,2-10H2,1H3. The summed E-state index contributed by atoms with van der Waals surface area (Å²) in [6, 6.07) is 0.834. The van der Waals surface area contributed by atoms with Gasteiger partial charge in [0.1, 0.15) is 0 Å². The molecule has 1 unspecified atom stereocenters. The molecule has 2 saturated carbocycles. The van der Waals surface area contributed by atoms with Crippen LogP contribution in [0.2, 0.25) is 0 Å². The van der Waals surface area contributed by atoms with E-state index in [0.29, 0.717) is 0 Å². The van der Waals surface area contributed by atoms with Crippen LogP contribution in [0.5, 0.6) is 0 Å². The van der Waals surface area contributed by atoms with Crippen molar-refractivity contribution in [3.63, 3.8) is 0 Å². The van der Waals surface area contributed by atoms with Crippen LogP contribution in [0.4, 0.5) is 0 Å². The van der Waals surface area contributed by atoms with Crippen molar-refractivity contribution in [1.82, 2.24) is 5.32 Å². The second-order valence-electron chi connectivity index (χ2n) is 5.33. The number of rotatable bonds is 4. The minimum Gasteiger partial charge on any atom is -0.317 e. The maximum Gasteiger partial charge on any atom is 0.00949 e. The summed E-state index contributed by atoms with van der Waals surface area (Å²) in [6.07, 6.45) is 13.4. The average molecular weight is 195 g/mol. The lowest BCUT2D eigenvalue weighted by molar-refractivity contribution is 0.309. The summed E-state index contributed by atoms with van der Waals surface area (Å²) in [5.74, 6) is 2.07. The molecular formula is C13H25N. The van der Waals surface area contributed by atoms with Crippen molar-refractivity contribution in [3.05, 3.63) is 0 Å². The van der Waals surface area contributed by atoms with Crippen molar-refractivity contribution in [2.75, 3.05) is 7.05 Å². The highest BCUT2D eigenvalue weighted by Crippen LogP contribution is 2.37. The summed E-state index contributed by atoms with van der Waals surface area (Å²) in [5, 5.41) is 3.57. The Bertz CT molecular complexity index is 155. The van der Waals surface area contributed by atoms with E-state index in [9.17, 15) is 0 Å². The van der Waals surface area contributed by atoms with Crippen molar-refractivity contribution in [1.29, 1.82) is 0 Å². The van der Waals surface area contributed by atoms with Gasteiger partial charge < -0.3 is 5.32 Å². The molecule has 2 aliphatic rings. The smallest absolute Gasteiger partial charge is 0.00949 e. The highest BCUT2D eigenvalue weighted by Gasteiger charge is 2.29. The molecular weight excluding hydrogens is 170 g/mol. The van der Waals surface area contributed by atoms with E-state index in [1.807, 2.05) is 0 Å². The molecule has 0 bridgehead atoms. The number of hydrogen-bond donors (Lipinski definition) is 1. The molecule has 1 heteroatoms. The van der Waals surface area contributed by atoms with Crippen molar-refractivity contribution in [3.8, 4) is 0 Å². The number of hydrogen-bond acceptors (Lipinski definition) is 1. The van der Waals surface area contributed by atoms with Crippen molar-refractivity contribution >= 4 is 0 Å². The highest BCUT2D eigenvalue weighted by atomic mass is 14.9. The van der Waals surface area contributed by atoms with Crippen LogP contribution < -0.4 is 5.32 Å². The first kappa shape index (κ1) is 10.5. The molecule has 0 radical (unpaired) electrons. The lowest BCUT2D eigenvalue weighted by Gasteiger charge is -2.25. The molecule has 2 aliphatic carbocycles. The summed E-state index contributed by atoms with van der Waals surface area (Å²) in [7, 11) is 2.16. The van der Waals surface area contributed by atoms with Crippen LogP contribution in [0, 0.1) is 11.8 Å². The van der Waals surface area contributed by atoms with Gasteiger partial charge >= 0.3 is 0 Å². The minimum absolute atomic E-state index is 0.834. The quantitative estimate of drug-likeness (QED) is 0.678. The Balaban J connectivity index is 1.80. The average Bonchev–Trinajstić information content (AvgIpc) is 3.01. The van der Waals surface area contributed by atoms with Crippen molar-refractivity contribution in [2.24, 2.45) is 11.8 Å². The fourth-order valence-electron chi connectivity index (χ4n) is 2.97. The maximum atomic E-state index is 3.57. The fourth-order valence-corrected chi connectivity index (χ4v) is 2.97. The Morgan fingerprint density at radius 1 is 1.00 bits per heavy atom. The van der Waals surface area contributed by atoms with Crippen LogP contribution in [0.1, 0.15) is 57.8 Å². The van der Waals surface area contributed by atoms with E-state index in [1.165, 1.54) is 57.8 Å². The molecule has 0 aromatic heterocycles. The van der Waals surface area contributed by atoms with Crippen LogP contribution in [0.15, 0.2) is 0 Å².